The van der Waals surface area contributed by atoms with E-state index in [4.69, 9.17) is 5.73 Å². The third-order valence-corrected chi connectivity index (χ3v) is 5.92. The Labute approximate surface area is 144 Å². The summed E-state index contributed by atoms with van der Waals surface area (Å²) in [5, 5.41) is 0. The van der Waals surface area contributed by atoms with Gasteiger partial charge in [0, 0.05) is 6.04 Å². The summed E-state index contributed by atoms with van der Waals surface area (Å²) in [6.07, 6.45) is 5.15. The Morgan fingerprint density at radius 1 is 1.04 bits per heavy atom. The van der Waals surface area contributed by atoms with Crippen LogP contribution in [0.25, 0.3) is 5.57 Å². The second kappa shape index (κ2) is 5.91. The number of rotatable bonds is 3. The number of carbonyl (C=O) groups is 2. The smallest absolute Gasteiger partial charge is 0.264 e. The highest BCUT2D eigenvalue weighted by molar-refractivity contribution is 7.15. The summed E-state index contributed by atoms with van der Waals surface area (Å²) >= 11 is 1.19. The van der Waals surface area contributed by atoms with E-state index in [-0.39, 0.29) is 18.0 Å². The number of amides is 2. The van der Waals surface area contributed by atoms with E-state index < -0.39 is 5.91 Å². The van der Waals surface area contributed by atoms with Crippen LogP contribution >= 0.6 is 11.3 Å². The van der Waals surface area contributed by atoms with Gasteiger partial charge >= 0.3 is 0 Å². The molecular weight excluding hydrogens is 320 g/mol. The first-order valence-electron chi connectivity index (χ1n) is 8.12. The average Bonchev–Trinajstić information content (AvgIpc) is 3.18. The average molecular weight is 338 g/mol. The summed E-state index contributed by atoms with van der Waals surface area (Å²) < 4.78 is 0. The van der Waals surface area contributed by atoms with E-state index in [9.17, 15) is 9.59 Å². The van der Waals surface area contributed by atoms with Gasteiger partial charge in [-0.25, -0.2) is 0 Å². The first-order valence-corrected chi connectivity index (χ1v) is 8.93. The van der Waals surface area contributed by atoms with Crippen LogP contribution in [-0.4, -0.2) is 28.8 Å². The van der Waals surface area contributed by atoms with E-state index in [0.29, 0.717) is 9.75 Å². The molecule has 2 amide bonds. The van der Waals surface area contributed by atoms with Crippen molar-refractivity contribution in [3.63, 3.8) is 0 Å². The normalized spacial score (nSPS) is 22.3. The van der Waals surface area contributed by atoms with E-state index in [0.717, 1.165) is 19.3 Å². The maximum Gasteiger partial charge on any atom is 0.264 e. The van der Waals surface area contributed by atoms with Crippen molar-refractivity contribution in [3.8, 4) is 0 Å². The van der Waals surface area contributed by atoms with Crippen LogP contribution in [0.3, 0.4) is 0 Å². The maximum atomic E-state index is 12.9. The molecule has 3 heterocycles. The quantitative estimate of drug-likeness (QED) is 0.933. The van der Waals surface area contributed by atoms with Gasteiger partial charge in [0.25, 0.3) is 11.8 Å². The summed E-state index contributed by atoms with van der Waals surface area (Å²) in [7, 11) is 0. The predicted molar refractivity (Wildman–Crippen MR) is 94.9 cm³/mol. The minimum Gasteiger partial charge on any atom is -0.365 e. The Kier molecular flexibility index (Phi) is 3.73. The third-order valence-electron chi connectivity index (χ3n) is 4.83. The van der Waals surface area contributed by atoms with Gasteiger partial charge in [-0.3, -0.25) is 9.59 Å². The Hall–Kier alpha value is -2.40. The molecule has 2 atom stereocenters. The van der Waals surface area contributed by atoms with E-state index in [1.54, 1.807) is 12.1 Å². The Balaban J connectivity index is 1.60. The molecule has 0 spiro atoms. The van der Waals surface area contributed by atoms with Crippen LogP contribution in [0.1, 0.15) is 44.2 Å². The molecule has 0 aliphatic carbocycles. The molecule has 2 aliphatic rings. The number of carbonyl (C=O) groups excluding carboxylic acids is 2. The number of primary amides is 1. The number of hydrogen-bond acceptors (Lipinski definition) is 3. The molecule has 1 fully saturated rings. The van der Waals surface area contributed by atoms with Gasteiger partial charge in [-0.15, -0.1) is 11.3 Å². The van der Waals surface area contributed by atoms with Crippen LogP contribution in [0.4, 0.5) is 0 Å². The van der Waals surface area contributed by atoms with Crippen LogP contribution in [0.15, 0.2) is 48.5 Å². The zero-order valence-corrected chi connectivity index (χ0v) is 14.0. The van der Waals surface area contributed by atoms with Crippen molar-refractivity contribution in [1.82, 2.24) is 4.90 Å². The number of benzene rings is 1. The summed E-state index contributed by atoms with van der Waals surface area (Å²) in [5.74, 6) is -0.463. The summed E-state index contributed by atoms with van der Waals surface area (Å²) in [6, 6.07) is 14.1. The van der Waals surface area contributed by atoms with E-state index >= 15 is 0 Å². The van der Waals surface area contributed by atoms with E-state index in [2.05, 4.69) is 18.2 Å². The zero-order valence-electron chi connectivity index (χ0n) is 13.1. The molecule has 122 valence electrons. The molecule has 24 heavy (non-hydrogen) atoms. The van der Waals surface area contributed by atoms with Crippen molar-refractivity contribution < 1.29 is 9.59 Å². The molecule has 2 aromatic rings. The second-order valence-corrected chi connectivity index (χ2v) is 7.38. The third kappa shape index (κ3) is 2.55. The lowest BCUT2D eigenvalue weighted by atomic mass is 9.94. The number of hydrogen-bond donors (Lipinski definition) is 1. The highest BCUT2D eigenvalue weighted by Crippen LogP contribution is 2.39. The minimum absolute atomic E-state index is 0.0170. The largest absolute Gasteiger partial charge is 0.365 e. The molecule has 1 aromatic carbocycles. The monoisotopic (exact) mass is 338 g/mol. The van der Waals surface area contributed by atoms with Crippen LogP contribution in [0.2, 0.25) is 0 Å². The molecule has 2 aliphatic heterocycles. The van der Waals surface area contributed by atoms with Gasteiger partial charge in [-0.1, -0.05) is 36.4 Å². The molecule has 4 nitrogen and oxygen atoms in total. The van der Waals surface area contributed by atoms with Crippen molar-refractivity contribution >= 4 is 28.7 Å². The van der Waals surface area contributed by atoms with Gasteiger partial charge in [-0.2, -0.15) is 0 Å². The van der Waals surface area contributed by atoms with Crippen LogP contribution in [0, 0.1) is 0 Å². The van der Waals surface area contributed by atoms with Gasteiger partial charge in [0.15, 0.2) is 0 Å². The lowest BCUT2D eigenvalue weighted by Gasteiger charge is -2.34. The molecule has 1 saturated heterocycles. The van der Waals surface area contributed by atoms with Gasteiger partial charge in [0.05, 0.1) is 15.8 Å². The Morgan fingerprint density at radius 3 is 2.46 bits per heavy atom. The fourth-order valence-corrected chi connectivity index (χ4v) is 4.53. The molecule has 1 aromatic heterocycles. The van der Waals surface area contributed by atoms with Crippen molar-refractivity contribution in [3.05, 3.63) is 63.9 Å². The Bertz CT molecular complexity index is 825. The van der Waals surface area contributed by atoms with Gasteiger partial charge in [0.1, 0.15) is 0 Å². The number of nitrogens with zero attached hydrogens (tertiary/aromatic N) is 1. The van der Waals surface area contributed by atoms with Crippen molar-refractivity contribution in [2.45, 2.75) is 31.3 Å². The molecule has 4 rings (SSSR count). The topological polar surface area (TPSA) is 63.4 Å². The van der Waals surface area contributed by atoms with Gasteiger partial charge in [-0.05, 0) is 42.5 Å². The lowest BCUT2D eigenvalue weighted by molar-refractivity contribution is 0.0697. The van der Waals surface area contributed by atoms with Crippen molar-refractivity contribution in [2.75, 3.05) is 0 Å². The molecule has 2 unspecified atom stereocenters. The Morgan fingerprint density at radius 2 is 1.79 bits per heavy atom. The van der Waals surface area contributed by atoms with Gasteiger partial charge < -0.3 is 10.6 Å². The summed E-state index contributed by atoms with van der Waals surface area (Å²) in [5.41, 5.74) is 7.87. The fourth-order valence-electron chi connectivity index (χ4n) is 3.73. The maximum absolute atomic E-state index is 12.9. The van der Waals surface area contributed by atoms with Gasteiger partial charge in [0.2, 0.25) is 0 Å². The number of nitrogens with two attached hydrogens (primary N) is 1. The SMILES string of the molecule is NC(=O)c1ccc(C(=O)N2C3C=C(c4ccccc4)CC2CC3)s1. The van der Waals surface area contributed by atoms with E-state index in [1.807, 2.05) is 23.1 Å². The first-order chi connectivity index (χ1) is 11.6. The van der Waals surface area contributed by atoms with Crippen molar-refractivity contribution in [2.24, 2.45) is 5.73 Å². The van der Waals surface area contributed by atoms with Crippen LogP contribution < -0.4 is 5.73 Å². The molecule has 0 saturated carbocycles. The van der Waals surface area contributed by atoms with Crippen LogP contribution in [0.5, 0.6) is 0 Å². The molecule has 2 bridgehead atoms. The zero-order chi connectivity index (χ0) is 16.7. The molecule has 0 radical (unpaired) electrons. The summed E-state index contributed by atoms with van der Waals surface area (Å²) in [6.45, 7) is 0. The minimum atomic E-state index is -0.480. The highest BCUT2D eigenvalue weighted by Gasteiger charge is 2.40. The standard InChI is InChI=1S/C19H18N2O2S/c20-18(22)16-8-9-17(24-16)19(23)21-14-6-7-15(21)11-13(10-14)12-4-2-1-3-5-12/h1-5,8-10,14-15H,6-7,11H2,(H2,20,22). The molecule has 2 N–H and O–H groups in total. The number of thiophene rings is 1. The fraction of sp³-hybridized carbons (Fsp3) is 0.263. The number of fused-ring (bicyclic) bond motifs is 2. The summed E-state index contributed by atoms with van der Waals surface area (Å²) in [4.78, 5) is 27.2. The van der Waals surface area contributed by atoms with Crippen LogP contribution in [-0.2, 0) is 0 Å². The highest BCUT2D eigenvalue weighted by atomic mass is 32.1. The molecule has 5 heteroatoms. The predicted octanol–water partition coefficient (Wildman–Crippen LogP) is 3.31. The molecular formula is C19H18N2O2S. The van der Waals surface area contributed by atoms with E-state index in [1.165, 1.54) is 22.5 Å². The lowest BCUT2D eigenvalue weighted by Crippen LogP contribution is -2.42. The van der Waals surface area contributed by atoms with Crippen molar-refractivity contribution in [1.29, 1.82) is 0 Å². The second-order valence-electron chi connectivity index (χ2n) is 6.30. The first kappa shape index (κ1) is 15.1.